The molecule has 0 amide bonds. The molecule has 1 fully saturated rings. The predicted octanol–water partition coefficient (Wildman–Crippen LogP) is 2.64. The van der Waals surface area contributed by atoms with Gasteiger partial charge in [-0.15, -0.1) is 19.0 Å². The quantitative estimate of drug-likeness (QED) is 0.846. The highest BCUT2D eigenvalue weighted by Gasteiger charge is 2.18. The van der Waals surface area contributed by atoms with Gasteiger partial charge in [0.2, 0.25) is 0 Å². The highest BCUT2D eigenvalue weighted by molar-refractivity contribution is 5.85. The number of allylic oxidation sites excluding steroid dienone is 1. The zero-order valence-corrected chi connectivity index (χ0v) is 13.2. The summed E-state index contributed by atoms with van der Waals surface area (Å²) in [6.07, 6.45) is 2.78. The van der Waals surface area contributed by atoms with Crippen molar-refractivity contribution >= 4 is 12.4 Å². The second-order valence-corrected chi connectivity index (χ2v) is 5.16. The van der Waals surface area contributed by atoms with Gasteiger partial charge >= 0.3 is 0 Å². The highest BCUT2D eigenvalue weighted by Crippen LogP contribution is 2.22. The smallest absolute Gasteiger partial charge is 0.122 e. The molecule has 0 spiro atoms. The van der Waals surface area contributed by atoms with Gasteiger partial charge < -0.3 is 10.1 Å². The molecule has 1 N–H and O–H groups in total. The van der Waals surface area contributed by atoms with Crippen molar-refractivity contribution in [2.45, 2.75) is 25.9 Å². The van der Waals surface area contributed by atoms with Gasteiger partial charge in [0.1, 0.15) is 5.75 Å². The topological polar surface area (TPSA) is 24.5 Å². The van der Waals surface area contributed by atoms with Crippen molar-refractivity contribution in [2.24, 2.45) is 0 Å². The van der Waals surface area contributed by atoms with Crippen LogP contribution in [-0.4, -0.2) is 37.7 Å². The number of halogens is 1. The van der Waals surface area contributed by atoms with Crippen molar-refractivity contribution in [1.29, 1.82) is 0 Å². The number of benzene rings is 1. The van der Waals surface area contributed by atoms with Gasteiger partial charge in [0, 0.05) is 32.2 Å². The minimum absolute atomic E-state index is 0. The standard InChI is InChI=1S/C16H24N2O.ClH/c1-4-5-15-10-14(6-7-16(15)19-3)12-18-9-8-17-11-13(18)2;/h4,6-7,10,13,17H,1,5,8-9,11-12H2,2-3H3;1H. The number of nitrogens with zero attached hydrogens (tertiary/aromatic N) is 1. The van der Waals surface area contributed by atoms with Crippen LogP contribution in [0.25, 0.3) is 0 Å². The van der Waals surface area contributed by atoms with E-state index in [9.17, 15) is 0 Å². The Morgan fingerprint density at radius 3 is 2.95 bits per heavy atom. The van der Waals surface area contributed by atoms with Crippen LogP contribution in [0.2, 0.25) is 0 Å². The zero-order chi connectivity index (χ0) is 13.7. The Hall–Kier alpha value is -1.03. The Labute approximate surface area is 128 Å². The summed E-state index contributed by atoms with van der Waals surface area (Å²) in [5.74, 6) is 0.956. The van der Waals surface area contributed by atoms with Crippen LogP contribution in [0, 0.1) is 0 Å². The Morgan fingerprint density at radius 2 is 2.30 bits per heavy atom. The van der Waals surface area contributed by atoms with E-state index in [0.717, 1.165) is 38.3 Å². The molecule has 1 aliphatic rings. The van der Waals surface area contributed by atoms with E-state index in [2.05, 4.69) is 41.9 Å². The highest BCUT2D eigenvalue weighted by atomic mass is 35.5. The van der Waals surface area contributed by atoms with E-state index < -0.39 is 0 Å². The van der Waals surface area contributed by atoms with Gasteiger partial charge in [-0.1, -0.05) is 18.2 Å². The lowest BCUT2D eigenvalue weighted by Crippen LogP contribution is -2.49. The SMILES string of the molecule is C=CCc1cc(CN2CCNCC2C)ccc1OC.Cl. The maximum Gasteiger partial charge on any atom is 0.122 e. The van der Waals surface area contributed by atoms with E-state index in [1.807, 2.05) is 6.08 Å². The third-order valence-corrected chi connectivity index (χ3v) is 3.73. The summed E-state index contributed by atoms with van der Waals surface area (Å²) in [6.45, 7) is 10.4. The van der Waals surface area contributed by atoms with Crippen LogP contribution in [-0.2, 0) is 13.0 Å². The van der Waals surface area contributed by atoms with Crippen LogP contribution in [0.5, 0.6) is 5.75 Å². The molecule has 1 heterocycles. The maximum absolute atomic E-state index is 5.39. The molecule has 20 heavy (non-hydrogen) atoms. The van der Waals surface area contributed by atoms with E-state index in [1.54, 1.807) is 7.11 Å². The number of nitrogens with one attached hydrogen (secondary N) is 1. The minimum Gasteiger partial charge on any atom is -0.496 e. The molecule has 0 radical (unpaired) electrons. The molecule has 1 aromatic carbocycles. The third-order valence-electron chi connectivity index (χ3n) is 3.73. The van der Waals surface area contributed by atoms with Crippen LogP contribution in [0.3, 0.4) is 0 Å². The Kier molecular flexibility index (Phi) is 7.06. The van der Waals surface area contributed by atoms with E-state index in [1.165, 1.54) is 11.1 Å². The monoisotopic (exact) mass is 296 g/mol. The molecule has 1 saturated heterocycles. The fraction of sp³-hybridized carbons (Fsp3) is 0.500. The molecule has 3 nitrogen and oxygen atoms in total. The first kappa shape index (κ1) is 17.0. The van der Waals surface area contributed by atoms with E-state index in [-0.39, 0.29) is 12.4 Å². The van der Waals surface area contributed by atoms with Crippen molar-refractivity contribution < 1.29 is 4.74 Å². The summed E-state index contributed by atoms with van der Waals surface area (Å²) >= 11 is 0. The molecule has 0 bridgehead atoms. The summed E-state index contributed by atoms with van der Waals surface area (Å²) in [7, 11) is 1.72. The number of methoxy groups -OCH3 is 1. The largest absolute Gasteiger partial charge is 0.496 e. The van der Waals surface area contributed by atoms with Gasteiger partial charge in [-0.2, -0.15) is 0 Å². The van der Waals surface area contributed by atoms with Crippen molar-refractivity contribution in [2.75, 3.05) is 26.7 Å². The molecule has 0 saturated carbocycles. The zero-order valence-electron chi connectivity index (χ0n) is 12.4. The summed E-state index contributed by atoms with van der Waals surface area (Å²) in [6, 6.07) is 7.08. The lowest BCUT2D eigenvalue weighted by Gasteiger charge is -2.34. The number of hydrogen-bond acceptors (Lipinski definition) is 3. The van der Waals surface area contributed by atoms with Gasteiger partial charge in [-0.3, -0.25) is 4.90 Å². The number of hydrogen-bond donors (Lipinski definition) is 1. The second-order valence-electron chi connectivity index (χ2n) is 5.16. The van der Waals surface area contributed by atoms with Crippen LogP contribution < -0.4 is 10.1 Å². The first-order valence-corrected chi connectivity index (χ1v) is 6.96. The predicted molar refractivity (Wildman–Crippen MR) is 86.9 cm³/mol. The van der Waals surface area contributed by atoms with Crippen molar-refractivity contribution in [3.8, 4) is 5.75 Å². The number of ether oxygens (including phenoxy) is 1. The van der Waals surface area contributed by atoms with Gasteiger partial charge in [0.25, 0.3) is 0 Å². The summed E-state index contributed by atoms with van der Waals surface area (Å²) in [5.41, 5.74) is 2.57. The maximum atomic E-state index is 5.39. The average molecular weight is 297 g/mol. The molecular formula is C16H25ClN2O. The fourth-order valence-corrected chi connectivity index (χ4v) is 2.60. The molecule has 2 rings (SSSR count). The van der Waals surface area contributed by atoms with Gasteiger partial charge in [-0.25, -0.2) is 0 Å². The Bertz CT molecular complexity index is 436. The Morgan fingerprint density at radius 1 is 1.50 bits per heavy atom. The van der Waals surface area contributed by atoms with Crippen LogP contribution in [0.15, 0.2) is 30.9 Å². The molecule has 1 aliphatic heterocycles. The van der Waals surface area contributed by atoms with E-state index in [0.29, 0.717) is 6.04 Å². The average Bonchev–Trinajstić information content (AvgIpc) is 2.42. The van der Waals surface area contributed by atoms with Gasteiger partial charge in [-0.05, 0) is 30.5 Å². The lowest BCUT2D eigenvalue weighted by molar-refractivity contribution is 0.165. The number of piperazine rings is 1. The van der Waals surface area contributed by atoms with Crippen molar-refractivity contribution in [3.05, 3.63) is 42.0 Å². The third kappa shape index (κ3) is 4.23. The molecule has 112 valence electrons. The molecule has 0 aliphatic carbocycles. The minimum atomic E-state index is 0. The normalized spacial score (nSPS) is 19.2. The molecule has 1 atom stereocenters. The molecule has 1 unspecified atom stereocenters. The molecule has 1 aromatic rings. The van der Waals surface area contributed by atoms with Gasteiger partial charge in [0.15, 0.2) is 0 Å². The summed E-state index contributed by atoms with van der Waals surface area (Å²) in [4.78, 5) is 2.52. The van der Waals surface area contributed by atoms with Crippen molar-refractivity contribution in [3.63, 3.8) is 0 Å². The summed E-state index contributed by atoms with van der Waals surface area (Å²) in [5, 5.41) is 3.43. The fourth-order valence-electron chi connectivity index (χ4n) is 2.60. The first-order chi connectivity index (χ1) is 9.24. The second kappa shape index (κ2) is 8.30. The molecule has 4 heteroatoms. The van der Waals surface area contributed by atoms with Gasteiger partial charge in [0.05, 0.1) is 7.11 Å². The summed E-state index contributed by atoms with van der Waals surface area (Å²) < 4.78 is 5.39. The van der Waals surface area contributed by atoms with Crippen LogP contribution in [0.4, 0.5) is 0 Å². The van der Waals surface area contributed by atoms with Crippen molar-refractivity contribution in [1.82, 2.24) is 10.2 Å². The van der Waals surface area contributed by atoms with Crippen LogP contribution in [0.1, 0.15) is 18.1 Å². The van der Waals surface area contributed by atoms with E-state index in [4.69, 9.17) is 4.74 Å². The Balaban J connectivity index is 0.00000200. The number of rotatable bonds is 5. The first-order valence-electron chi connectivity index (χ1n) is 6.96. The van der Waals surface area contributed by atoms with E-state index >= 15 is 0 Å². The lowest BCUT2D eigenvalue weighted by atomic mass is 10.1. The molecule has 0 aromatic heterocycles. The van der Waals surface area contributed by atoms with Crippen LogP contribution >= 0.6 is 12.4 Å². The molecular weight excluding hydrogens is 272 g/mol.